The Kier molecular flexibility index (Phi) is 5.11. The maximum Gasteiger partial charge on any atom is 0.0707 e. The second kappa shape index (κ2) is 6.83. The molecule has 2 rings (SSSR count). The van der Waals surface area contributed by atoms with Crippen molar-refractivity contribution in [3.8, 4) is 0 Å². The zero-order valence-electron chi connectivity index (χ0n) is 11.3. The van der Waals surface area contributed by atoms with Crippen LogP contribution in [0.4, 0.5) is 0 Å². The van der Waals surface area contributed by atoms with Crippen LogP contribution in [0, 0.1) is 0 Å². The fraction of sp³-hybridized carbons (Fsp3) is 0.643. The molecule has 1 aliphatic heterocycles. The van der Waals surface area contributed by atoms with E-state index in [2.05, 4.69) is 28.3 Å². The van der Waals surface area contributed by atoms with Gasteiger partial charge in [-0.15, -0.1) is 0 Å². The van der Waals surface area contributed by atoms with E-state index in [0.717, 1.165) is 25.3 Å². The molecular weight excluding hydrogens is 226 g/mol. The van der Waals surface area contributed by atoms with Crippen LogP contribution in [0.15, 0.2) is 24.4 Å². The number of nitrogens with one attached hydrogen (secondary N) is 1. The van der Waals surface area contributed by atoms with Gasteiger partial charge in [-0.05, 0) is 39.1 Å². The molecule has 1 fully saturated rings. The third kappa shape index (κ3) is 4.05. The molecule has 1 aromatic rings. The lowest BCUT2D eigenvalue weighted by atomic mass is 10.2. The van der Waals surface area contributed by atoms with E-state index in [9.17, 15) is 0 Å². The van der Waals surface area contributed by atoms with Gasteiger partial charge in [0.2, 0.25) is 0 Å². The van der Waals surface area contributed by atoms with Crippen molar-refractivity contribution in [1.82, 2.24) is 15.2 Å². The molecule has 1 N–H and O–H groups in total. The van der Waals surface area contributed by atoms with Crippen molar-refractivity contribution >= 4 is 0 Å². The molecule has 4 heteroatoms. The van der Waals surface area contributed by atoms with Gasteiger partial charge in [-0.2, -0.15) is 0 Å². The molecule has 1 aliphatic rings. The Bertz CT molecular complexity index is 344. The topological polar surface area (TPSA) is 37.4 Å². The second-order valence-corrected chi connectivity index (χ2v) is 5.03. The van der Waals surface area contributed by atoms with Gasteiger partial charge in [0.25, 0.3) is 0 Å². The van der Waals surface area contributed by atoms with E-state index in [1.807, 2.05) is 25.4 Å². The Balaban J connectivity index is 1.73. The van der Waals surface area contributed by atoms with Crippen molar-refractivity contribution in [2.75, 3.05) is 27.2 Å². The van der Waals surface area contributed by atoms with Crippen LogP contribution in [-0.2, 0) is 11.3 Å². The van der Waals surface area contributed by atoms with Gasteiger partial charge in [-0.1, -0.05) is 6.07 Å². The van der Waals surface area contributed by atoms with Crippen LogP contribution in [-0.4, -0.2) is 49.3 Å². The van der Waals surface area contributed by atoms with Gasteiger partial charge in [-0.25, -0.2) is 0 Å². The highest BCUT2D eigenvalue weighted by atomic mass is 16.5. The molecule has 2 heterocycles. The summed E-state index contributed by atoms with van der Waals surface area (Å²) >= 11 is 0. The average molecular weight is 249 g/mol. The number of rotatable bonds is 6. The minimum Gasteiger partial charge on any atom is -0.372 e. The van der Waals surface area contributed by atoms with Crippen LogP contribution in [0.2, 0.25) is 0 Å². The van der Waals surface area contributed by atoms with E-state index in [4.69, 9.17) is 4.74 Å². The summed E-state index contributed by atoms with van der Waals surface area (Å²) in [5, 5.41) is 3.17. The number of hydrogen-bond acceptors (Lipinski definition) is 4. The summed E-state index contributed by atoms with van der Waals surface area (Å²) in [4.78, 5) is 6.63. The van der Waals surface area contributed by atoms with Gasteiger partial charge in [0, 0.05) is 25.8 Å². The standard InChI is InChI=1S/C14H23N3O/c1-15-9-13-6-7-14(18-13)11-17(2)10-12-5-3-4-8-16-12/h3-5,8,13-15H,6-7,9-11H2,1-2H3. The number of ether oxygens (including phenoxy) is 1. The highest BCUT2D eigenvalue weighted by molar-refractivity contribution is 5.03. The van der Waals surface area contributed by atoms with Gasteiger partial charge in [0.15, 0.2) is 0 Å². The van der Waals surface area contributed by atoms with Gasteiger partial charge in [0.1, 0.15) is 0 Å². The monoisotopic (exact) mass is 249 g/mol. The first-order chi connectivity index (χ1) is 8.78. The van der Waals surface area contributed by atoms with Crippen molar-refractivity contribution in [2.24, 2.45) is 0 Å². The molecule has 1 aromatic heterocycles. The molecule has 18 heavy (non-hydrogen) atoms. The van der Waals surface area contributed by atoms with E-state index in [1.165, 1.54) is 12.8 Å². The smallest absolute Gasteiger partial charge is 0.0707 e. The Morgan fingerprint density at radius 3 is 2.94 bits per heavy atom. The molecule has 0 amide bonds. The third-order valence-corrected chi connectivity index (χ3v) is 3.30. The number of nitrogens with zero attached hydrogens (tertiary/aromatic N) is 2. The fourth-order valence-corrected chi connectivity index (χ4v) is 2.47. The van der Waals surface area contributed by atoms with Gasteiger partial charge >= 0.3 is 0 Å². The summed E-state index contributed by atoms with van der Waals surface area (Å²) in [6.07, 6.45) is 4.94. The molecule has 0 radical (unpaired) electrons. The molecule has 4 nitrogen and oxygen atoms in total. The van der Waals surface area contributed by atoms with E-state index < -0.39 is 0 Å². The van der Waals surface area contributed by atoms with Crippen LogP contribution in [0.5, 0.6) is 0 Å². The normalized spacial score (nSPS) is 23.7. The minimum absolute atomic E-state index is 0.372. The number of pyridine rings is 1. The first-order valence-corrected chi connectivity index (χ1v) is 6.66. The predicted octanol–water partition coefficient (Wildman–Crippen LogP) is 1.28. The summed E-state index contributed by atoms with van der Waals surface area (Å²) in [6.45, 7) is 2.83. The molecule has 0 aromatic carbocycles. The quantitative estimate of drug-likeness (QED) is 0.824. The zero-order valence-corrected chi connectivity index (χ0v) is 11.3. The molecule has 100 valence electrons. The molecule has 2 unspecified atom stereocenters. The van der Waals surface area contributed by atoms with Gasteiger partial charge in [0.05, 0.1) is 17.9 Å². The molecule has 1 saturated heterocycles. The first kappa shape index (κ1) is 13.5. The largest absolute Gasteiger partial charge is 0.372 e. The van der Waals surface area contributed by atoms with Crippen LogP contribution in [0.3, 0.4) is 0 Å². The summed E-state index contributed by atoms with van der Waals surface area (Å²) in [5.74, 6) is 0. The summed E-state index contributed by atoms with van der Waals surface area (Å²) in [6, 6.07) is 6.05. The number of likely N-dealkylation sites (N-methyl/N-ethyl adjacent to an activating group) is 2. The van der Waals surface area contributed by atoms with Crippen molar-refractivity contribution in [2.45, 2.75) is 31.6 Å². The van der Waals surface area contributed by atoms with Crippen molar-refractivity contribution in [3.63, 3.8) is 0 Å². The molecule has 2 atom stereocenters. The molecule has 0 saturated carbocycles. The summed E-state index contributed by atoms with van der Waals surface area (Å²) in [7, 11) is 4.10. The van der Waals surface area contributed by atoms with E-state index >= 15 is 0 Å². The lowest BCUT2D eigenvalue weighted by molar-refractivity contribution is 0.0274. The van der Waals surface area contributed by atoms with Crippen molar-refractivity contribution < 1.29 is 4.74 Å². The van der Waals surface area contributed by atoms with E-state index in [0.29, 0.717) is 12.2 Å². The number of hydrogen-bond donors (Lipinski definition) is 1. The van der Waals surface area contributed by atoms with Crippen molar-refractivity contribution in [1.29, 1.82) is 0 Å². The lowest BCUT2D eigenvalue weighted by Crippen LogP contribution is -2.31. The predicted molar refractivity (Wildman–Crippen MR) is 72.4 cm³/mol. The SMILES string of the molecule is CNCC1CCC(CN(C)Cc2ccccn2)O1. The average Bonchev–Trinajstić information content (AvgIpc) is 2.78. The van der Waals surface area contributed by atoms with E-state index in [-0.39, 0.29) is 0 Å². The fourth-order valence-electron chi connectivity index (χ4n) is 2.47. The molecule has 0 spiro atoms. The first-order valence-electron chi connectivity index (χ1n) is 6.66. The zero-order chi connectivity index (χ0) is 12.8. The molecular formula is C14H23N3O. The molecule has 0 bridgehead atoms. The third-order valence-electron chi connectivity index (χ3n) is 3.30. The number of aromatic nitrogens is 1. The molecule has 0 aliphatic carbocycles. The Labute approximate surface area is 109 Å². The lowest BCUT2D eigenvalue weighted by Gasteiger charge is -2.21. The maximum absolute atomic E-state index is 5.99. The highest BCUT2D eigenvalue weighted by Gasteiger charge is 2.25. The van der Waals surface area contributed by atoms with Gasteiger partial charge < -0.3 is 10.1 Å². The van der Waals surface area contributed by atoms with Crippen LogP contribution in [0.1, 0.15) is 18.5 Å². The summed E-state index contributed by atoms with van der Waals surface area (Å²) in [5.41, 5.74) is 1.12. The Morgan fingerprint density at radius 2 is 2.22 bits per heavy atom. The Hall–Kier alpha value is -0.970. The van der Waals surface area contributed by atoms with Crippen LogP contribution < -0.4 is 5.32 Å². The van der Waals surface area contributed by atoms with Crippen LogP contribution in [0.25, 0.3) is 0 Å². The Morgan fingerprint density at radius 1 is 1.39 bits per heavy atom. The minimum atomic E-state index is 0.372. The van der Waals surface area contributed by atoms with Gasteiger partial charge in [-0.3, -0.25) is 9.88 Å². The van der Waals surface area contributed by atoms with Crippen molar-refractivity contribution in [3.05, 3.63) is 30.1 Å². The second-order valence-electron chi connectivity index (χ2n) is 5.03. The van der Waals surface area contributed by atoms with E-state index in [1.54, 1.807) is 0 Å². The maximum atomic E-state index is 5.99. The highest BCUT2D eigenvalue weighted by Crippen LogP contribution is 2.20. The summed E-state index contributed by atoms with van der Waals surface area (Å²) < 4.78 is 5.99. The van der Waals surface area contributed by atoms with Crippen LogP contribution >= 0.6 is 0 Å².